The second-order valence-corrected chi connectivity index (χ2v) is 10.5. The van der Waals surface area contributed by atoms with Crippen molar-refractivity contribution in [3.05, 3.63) is 88.0 Å². The fourth-order valence-electron chi connectivity index (χ4n) is 4.97. The molecule has 1 atom stereocenters. The normalized spacial score (nSPS) is 16.5. The van der Waals surface area contributed by atoms with Gasteiger partial charge in [-0.15, -0.1) is 0 Å². The molecule has 4 rings (SSSR count). The Morgan fingerprint density at radius 2 is 1.62 bits per heavy atom. The van der Waals surface area contributed by atoms with Crippen LogP contribution in [0.5, 0.6) is 17.2 Å². The van der Waals surface area contributed by atoms with E-state index in [9.17, 15) is 14.7 Å². The Hall–Kier alpha value is -4.26. The lowest BCUT2D eigenvalue weighted by Gasteiger charge is -2.27. The van der Waals surface area contributed by atoms with E-state index in [1.165, 1.54) is 4.90 Å². The van der Waals surface area contributed by atoms with E-state index in [0.29, 0.717) is 53.2 Å². The summed E-state index contributed by atoms with van der Waals surface area (Å²) in [5.74, 6) is 0.365. The zero-order valence-corrected chi connectivity index (χ0v) is 24.2. The highest BCUT2D eigenvalue weighted by Crippen LogP contribution is 2.45. The van der Waals surface area contributed by atoms with E-state index in [4.69, 9.17) is 14.2 Å². The number of anilines is 1. The summed E-state index contributed by atoms with van der Waals surface area (Å²) in [6.07, 6.45) is 0. The van der Waals surface area contributed by atoms with Gasteiger partial charge < -0.3 is 19.3 Å². The van der Waals surface area contributed by atoms with Crippen molar-refractivity contribution in [2.45, 2.75) is 47.6 Å². The van der Waals surface area contributed by atoms with Gasteiger partial charge in [-0.1, -0.05) is 37.6 Å². The van der Waals surface area contributed by atoms with Crippen LogP contribution in [0.3, 0.4) is 0 Å². The number of aliphatic hydroxyl groups is 1. The number of Topliss-reactive ketones (excluding diaryl/α,β-unsaturated/α-hetero) is 1. The van der Waals surface area contributed by atoms with Gasteiger partial charge in [-0.25, -0.2) is 0 Å². The Labute approximate surface area is 236 Å². The minimum absolute atomic E-state index is 0.00726. The number of hydrogen-bond acceptors (Lipinski definition) is 6. The van der Waals surface area contributed by atoms with E-state index in [1.54, 1.807) is 43.5 Å². The van der Waals surface area contributed by atoms with Crippen LogP contribution in [0.15, 0.2) is 60.2 Å². The monoisotopic (exact) mass is 543 g/mol. The minimum Gasteiger partial charge on any atom is -0.507 e. The van der Waals surface area contributed by atoms with Crippen LogP contribution in [0, 0.1) is 26.7 Å². The summed E-state index contributed by atoms with van der Waals surface area (Å²) in [6.45, 7) is 12.7. The quantitative estimate of drug-likeness (QED) is 0.184. The average Bonchev–Trinajstić information content (AvgIpc) is 3.17. The molecular formula is C33H37NO6. The predicted octanol–water partition coefficient (Wildman–Crippen LogP) is 6.68. The standard InChI is InChI=1S/C33H37NO6/c1-8-39-28-17-23(10-14-27(28)38-7)30-29(31(35)24-11-13-26(22(6)16-24)40-18-19(2)3)32(36)33(37)34(30)25-12-9-20(4)15-21(25)5/h9-17,19,30,35H,8,18H2,1-7H3/b31-29+. The molecule has 7 heteroatoms. The van der Waals surface area contributed by atoms with E-state index >= 15 is 0 Å². The first-order chi connectivity index (χ1) is 19.1. The van der Waals surface area contributed by atoms with Crippen molar-refractivity contribution in [2.24, 2.45) is 5.92 Å². The summed E-state index contributed by atoms with van der Waals surface area (Å²) < 4.78 is 17.2. The molecule has 1 aliphatic heterocycles. The van der Waals surface area contributed by atoms with Crippen LogP contribution in [0.4, 0.5) is 5.69 Å². The first-order valence-corrected chi connectivity index (χ1v) is 13.5. The summed E-state index contributed by atoms with van der Waals surface area (Å²) in [4.78, 5) is 28.7. The predicted molar refractivity (Wildman–Crippen MR) is 156 cm³/mol. The molecule has 40 heavy (non-hydrogen) atoms. The van der Waals surface area contributed by atoms with Gasteiger partial charge in [0.05, 0.1) is 31.9 Å². The lowest BCUT2D eigenvalue weighted by Crippen LogP contribution is -2.30. The van der Waals surface area contributed by atoms with Crippen molar-refractivity contribution in [3.8, 4) is 17.2 Å². The molecule has 0 spiro atoms. The molecule has 1 amide bonds. The van der Waals surface area contributed by atoms with Gasteiger partial charge >= 0.3 is 0 Å². The number of ketones is 1. The van der Waals surface area contributed by atoms with Crippen molar-refractivity contribution in [1.82, 2.24) is 0 Å². The van der Waals surface area contributed by atoms with Gasteiger partial charge in [-0.3, -0.25) is 14.5 Å². The Morgan fingerprint density at radius 1 is 0.900 bits per heavy atom. The molecule has 7 nitrogen and oxygen atoms in total. The number of nitrogens with zero attached hydrogens (tertiary/aromatic N) is 1. The van der Waals surface area contributed by atoms with Gasteiger partial charge in [-0.2, -0.15) is 0 Å². The topological polar surface area (TPSA) is 85.3 Å². The molecule has 0 aliphatic carbocycles. The summed E-state index contributed by atoms with van der Waals surface area (Å²) in [5.41, 5.74) is 4.33. The largest absolute Gasteiger partial charge is 0.507 e. The lowest BCUT2D eigenvalue weighted by molar-refractivity contribution is -0.132. The van der Waals surface area contributed by atoms with E-state index in [0.717, 1.165) is 16.7 Å². The highest BCUT2D eigenvalue weighted by Gasteiger charge is 2.47. The van der Waals surface area contributed by atoms with Gasteiger partial charge in [0.1, 0.15) is 11.5 Å². The number of carbonyl (C=O) groups is 2. The Kier molecular flexibility index (Phi) is 8.52. The number of methoxy groups -OCH3 is 1. The third-order valence-corrected chi connectivity index (χ3v) is 6.88. The zero-order chi connectivity index (χ0) is 29.1. The summed E-state index contributed by atoms with van der Waals surface area (Å²) in [6, 6.07) is 15.4. The van der Waals surface area contributed by atoms with E-state index in [1.807, 2.05) is 45.9 Å². The third-order valence-electron chi connectivity index (χ3n) is 6.88. The lowest BCUT2D eigenvalue weighted by atomic mass is 9.94. The first kappa shape index (κ1) is 28.7. The molecule has 210 valence electrons. The van der Waals surface area contributed by atoms with Gasteiger partial charge in [0, 0.05) is 11.3 Å². The zero-order valence-electron chi connectivity index (χ0n) is 24.2. The van der Waals surface area contributed by atoms with Crippen molar-refractivity contribution in [2.75, 3.05) is 25.2 Å². The minimum atomic E-state index is -0.885. The van der Waals surface area contributed by atoms with Crippen LogP contribution < -0.4 is 19.1 Å². The number of hydrogen-bond donors (Lipinski definition) is 1. The van der Waals surface area contributed by atoms with Crippen molar-refractivity contribution >= 4 is 23.1 Å². The number of aliphatic hydroxyl groups excluding tert-OH is 1. The maximum Gasteiger partial charge on any atom is 0.300 e. The Balaban J connectivity index is 1.92. The maximum absolute atomic E-state index is 13.6. The van der Waals surface area contributed by atoms with Crippen LogP contribution in [0.25, 0.3) is 5.76 Å². The molecular weight excluding hydrogens is 506 g/mol. The third kappa shape index (κ3) is 5.55. The van der Waals surface area contributed by atoms with E-state index < -0.39 is 17.7 Å². The average molecular weight is 544 g/mol. The molecule has 0 aromatic heterocycles. The SMILES string of the molecule is CCOc1cc(C2/C(=C(\O)c3ccc(OCC(C)C)c(C)c3)C(=O)C(=O)N2c2ccc(C)cc2C)ccc1OC. The van der Waals surface area contributed by atoms with Crippen LogP contribution in [0.2, 0.25) is 0 Å². The highest BCUT2D eigenvalue weighted by atomic mass is 16.5. The van der Waals surface area contributed by atoms with Crippen LogP contribution in [-0.2, 0) is 9.59 Å². The smallest absolute Gasteiger partial charge is 0.300 e. The molecule has 1 unspecified atom stereocenters. The molecule has 1 N–H and O–H groups in total. The fraction of sp³-hybridized carbons (Fsp3) is 0.333. The van der Waals surface area contributed by atoms with Crippen LogP contribution >= 0.6 is 0 Å². The first-order valence-electron chi connectivity index (χ1n) is 13.5. The summed E-state index contributed by atoms with van der Waals surface area (Å²) in [7, 11) is 1.55. The molecule has 1 fully saturated rings. The molecule has 0 radical (unpaired) electrons. The van der Waals surface area contributed by atoms with Crippen molar-refractivity contribution in [1.29, 1.82) is 0 Å². The second-order valence-electron chi connectivity index (χ2n) is 10.5. The van der Waals surface area contributed by atoms with Gasteiger partial charge in [0.2, 0.25) is 0 Å². The fourth-order valence-corrected chi connectivity index (χ4v) is 4.97. The number of rotatable bonds is 9. The molecule has 0 bridgehead atoms. The molecule has 3 aromatic carbocycles. The molecule has 3 aromatic rings. The summed E-state index contributed by atoms with van der Waals surface area (Å²) >= 11 is 0. The molecule has 0 saturated carbocycles. The maximum atomic E-state index is 13.6. The van der Waals surface area contributed by atoms with Crippen molar-refractivity contribution < 1.29 is 28.9 Å². The van der Waals surface area contributed by atoms with Gasteiger partial charge in [0.15, 0.2) is 11.5 Å². The Morgan fingerprint density at radius 3 is 2.25 bits per heavy atom. The number of amides is 1. The summed E-state index contributed by atoms with van der Waals surface area (Å²) in [5, 5.41) is 11.6. The van der Waals surface area contributed by atoms with E-state index in [-0.39, 0.29) is 11.3 Å². The second kappa shape index (κ2) is 11.9. The number of carbonyl (C=O) groups excluding carboxylic acids is 2. The van der Waals surface area contributed by atoms with Crippen LogP contribution in [-0.4, -0.2) is 37.1 Å². The molecule has 1 saturated heterocycles. The highest BCUT2D eigenvalue weighted by molar-refractivity contribution is 6.51. The number of benzene rings is 3. The molecule has 1 heterocycles. The number of ether oxygens (including phenoxy) is 3. The number of aryl methyl sites for hydroxylation is 3. The van der Waals surface area contributed by atoms with Crippen molar-refractivity contribution in [3.63, 3.8) is 0 Å². The van der Waals surface area contributed by atoms with Gasteiger partial charge in [0.25, 0.3) is 11.7 Å². The molecule has 1 aliphatic rings. The van der Waals surface area contributed by atoms with E-state index in [2.05, 4.69) is 13.8 Å². The Bertz CT molecular complexity index is 1470. The van der Waals surface area contributed by atoms with Gasteiger partial charge in [-0.05, 0) is 86.7 Å². The van der Waals surface area contributed by atoms with Crippen LogP contribution in [0.1, 0.15) is 54.6 Å².